The molecule has 1 aromatic heterocycles. The van der Waals surface area contributed by atoms with Crippen LogP contribution >= 0.6 is 0 Å². The van der Waals surface area contributed by atoms with Crippen LogP contribution in [0.5, 0.6) is 0 Å². The van der Waals surface area contributed by atoms with Crippen LogP contribution in [0.25, 0.3) is 10.9 Å². The quantitative estimate of drug-likeness (QED) is 0.896. The standard InChI is InChI=1S/C15H20N2O/c1-16-9-12(14-6-2-3-7-15(14)16)10-17-8-4-5-13(17)11-18/h2-3,6-7,9,13,18H,4-5,8,10-11H2,1H3/t13-/m0/s1. The zero-order valence-electron chi connectivity index (χ0n) is 10.8. The van der Waals surface area contributed by atoms with Gasteiger partial charge in [-0.25, -0.2) is 0 Å². The van der Waals surface area contributed by atoms with E-state index in [1.54, 1.807) is 0 Å². The zero-order valence-corrected chi connectivity index (χ0v) is 10.8. The molecule has 1 atom stereocenters. The van der Waals surface area contributed by atoms with Crippen LogP contribution in [-0.2, 0) is 13.6 Å². The van der Waals surface area contributed by atoms with Gasteiger partial charge in [0.2, 0.25) is 0 Å². The first-order valence-corrected chi connectivity index (χ1v) is 6.67. The lowest BCUT2D eigenvalue weighted by atomic mass is 10.1. The van der Waals surface area contributed by atoms with Crippen LogP contribution in [0.1, 0.15) is 18.4 Å². The maximum absolute atomic E-state index is 9.39. The van der Waals surface area contributed by atoms with Gasteiger partial charge in [-0.3, -0.25) is 4.90 Å². The molecule has 3 heteroatoms. The Balaban J connectivity index is 1.91. The molecule has 0 amide bonds. The fourth-order valence-corrected chi connectivity index (χ4v) is 3.08. The average molecular weight is 244 g/mol. The summed E-state index contributed by atoms with van der Waals surface area (Å²) in [4.78, 5) is 2.40. The Bertz CT molecular complexity index is 546. The first-order chi connectivity index (χ1) is 8.79. The van der Waals surface area contributed by atoms with Crippen LogP contribution in [-0.4, -0.2) is 33.8 Å². The van der Waals surface area contributed by atoms with Crippen molar-refractivity contribution in [1.29, 1.82) is 0 Å². The van der Waals surface area contributed by atoms with Gasteiger partial charge in [0.1, 0.15) is 0 Å². The predicted molar refractivity (Wildman–Crippen MR) is 73.4 cm³/mol. The first-order valence-electron chi connectivity index (χ1n) is 6.67. The number of aromatic nitrogens is 1. The number of likely N-dealkylation sites (tertiary alicyclic amines) is 1. The van der Waals surface area contributed by atoms with E-state index in [0.29, 0.717) is 6.04 Å². The van der Waals surface area contributed by atoms with Crippen molar-refractivity contribution in [3.63, 3.8) is 0 Å². The molecule has 0 radical (unpaired) electrons. The lowest BCUT2D eigenvalue weighted by molar-refractivity contribution is 0.154. The molecule has 0 bridgehead atoms. The third kappa shape index (κ3) is 1.93. The number of aliphatic hydroxyl groups excluding tert-OH is 1. The summed E-state index contributed by atoms with van der Waals surface area (Å²) < 4.78 is 2.19. The van der Waals surface area contributed by atoms with Gasteiger partial charge in [-0.05, 0) is 31.0 Å². The largest absolute Gasteiger partial charge is 0.395 e. The van der Waals surface area contributed by atoms with Crippen molar-refractivity contribution in [1.82, 2.24) is 9.47 Å². The molecule has 0 unspecified atom stereocenters. The summed E-state index contributed by atoms with van der Waals surface area (Å²) in [7, 11) is 2.10. The van der Waals surface area contributed by atoms with Crippen molar-refractivity contribution in [3.05, 3.63) is 36.0 Å². The van der Waals surface area contributed by atoms with E-state index in [1.807, 2.05) is 0 Å². The number of fused-ring (bicyclic) bond motifs is 1. The van der Waals surface area contributed by atoms with Gasteiger partial charge in [-0.2, -0.15) is 0 Å². The Morgan fingerprint density at radius 3 is 3.00 bits per heavy atom. The van der Waals surface area contributed by atoms with Crippen molar-refractivity contribution in [2.24, 2.45) is 7.05 Å². The fourth-order valence-electron chi connectivity index (χ4n) is 3.08. The highest BCUT2D eigenvalue weighted by atomic mass is 16.3. The second-order valence-electron chi connectivity index (χ2n) is 5.23. The van der Waals surface area contributed by atoms with E-state index >= 15 is 0 Å². The SMILES string of the molecule is Cn1cc(CN2CCC[C@H]2CO)c2ccccc21. The van der Waals surface area contributed by atoms with Gasteiger partial charge in [0.25, 0.3) is 0 Å². The first kappa shape index (κ1) is 11.8. The molecule has 1 aliphatic rings. The van der Waals surface area contributed by atoms with Gasteiger partial charge >= 0.3 is 0 Å². The van der Waals surface area contributed by atoms with Crippen LogP contribution in [0.4, 0.5) is 0 Å². The average Bonchev–Trinajstić information content (AvgIpc) is 2.96. The van der Waals surface area contributed by atoms with Crippen LogP contribution in [0.3, 0.4) is 0 Å². The second kappa shape index (κ2) is 4.75. The van der Waals surface area contributed by atoms with E-state index in [1.165, 1.54) is 22.9 Å². The van der Waals surface area contributed by atoms with E-state index < -0.39 is 0 Å². The van der Waals surface area contributed by atoms with Gasteiger partial charge < -0.3 is 9.67 Å². The van der Waals surface area contributed by atoms with Crippen LogP contribution in [0.15, 0.2) is 30.5 Å². The minimum Gasteiger partial charge on any atom is -0.395 e. The topological polar surface area (TPSA) is 28.4 Å². The molecule has 1 N–H and O–H groups in total. The maximum atomic E-state index is 9.39. The number of hydrogen-bond donors (Lipinski definition) is 1. The Morgan fingerprint density at radius 2 is 2.17 bits per heavy atom. The predicted octanol–water partition coefficient (Wildman–Crippen LogP) is 2.13. The van der Waals surface area contributed by atoms with Crippen molar-refractivity contribution >= 4 is 10.9 Å². The molecule has 3 rings (SSSR count). The highest BCUT2D eigenvalue weighted by Crippen LogP contribution is 2.25. The van der Waals surface area contributed by atoms with Crippen molar-refractivity contribution in [2.75, 3.05) is 13.2 Å². The number of aryl methyl sites for hydroxylation is 1. The molecule has 2 heterocycles. The summed E-state index contributed by atoms with van der Waals surface area (Å²) in [6, 6.07) is 8.88. The van der Waals surface area contributed by atoms with Gasteiger partial charge in [0, 0.05) is 36.7 Å². The summed E-state index contributed by atoms with van der Waals surface area (Å²) in [6.45, 7) is 2.34. The highest BCUT2D eigenvalue weighted by Gasteiger charge is 2.24. The number of aliphatic hydroxyl groups is 1. The van der Waals surface area contributed by atoms with Gasteiger partial charge in [-0.15, -0.1) is 0 Å². The Kier molecular flexibility index (Phi) is 3.10. The third-order valence-corrected chi connectivity index (χ3v) is 4.06. The summed E-state index contributed by atoms with van der Waals surface area (Å²) in [6.07, 6.45) is 4.55. The van der Waals surface area contributed by atoms with Crippen LogP contribution in [0, 0.1) is 0 Å². The van der Waals surface area contributed by atoms with Gasteiger partial charge in [0.15, 0.2) is 0 Å². The second-order valence-corrected chi connectivity index (χ2v) is 5.23. The molecular formula is C15H20N2O. The Morgan fingerprint density at radius 1 is 1.33 bits per heavy atom. The smallest absolute Gasteiger partial charge is 0.0587 e. The zero-order chi connectivity index (χ0) is 12.5. The van der Waals surface area contributed by atoms with Crippen molar-refractivity contribution in [3.8, 4) is 0 Å². The number of rotatable bonds is 3. The molecule has 1 fully saturated rings. The molecule has 2 aromatic rings. The molecule has 0 aliphatic carbocycles. The Hall–Kier alpha value is -1.32. The highest BCUT2D eigenvalue weighted by molar-refractivity contribution is 5.83. The molecule has 1 saturated heterocycles. The van der Waals surface area contributed by atoms with Crippen molar-refractivity contribution in [2.45, 2.75) is 25.4 Å². The van der Waals surface area contributed by atoms with Crippen LogP contribution < -0.4 is 0 Å². The number of hydrogen-bond acceptors (Lipinski definition) is 2. The van der Waals surface area contributed by atoms with Crippen molar-refractivity contribution < 1.29 is 5.11 Å². The number of para-hydroxylation sites is 1. The number of benzene rings is 1. The normalized spacial score (nSPS) is 20.9. The molecular weight excluding hydrogens is 224 g/mol. The van der Waals surface area contributed by atoms with Gasteiger partial charge in [0.05, 0.1) is 6.61 Å². The minimum absolute atomic E-state index is 0.283. The lowest BCUT2D eigenvalue weighted by Crippen LogP contribution is -2.31. The third-order valence-electron chi connectivity index (χ3n) is 4.06. The molecule has 96 valence electrons. The molecule has 1 aliphatic heterocycles. The maximum Gasteiger partial charge on any atom is 0.0587 e. The van der Waals surface area contributed by atoms with Gasteiger partial charge in [-0.1, -0.05) is 18.2 Å². The monoisotopic (exact) mass is 244 g/mol. The molecule has 0 spiro atoms. The molecule has 1 aromatic carbocycles. The lowest BCUT2D eigenvalue weighted by Gasteiger charge is -2.22. The van der Waals surface area contributed by atoms with E-state index in [4.69, 9.17) is 0 Å². The minimum atomic E-state index is 0.283. The summed E-state index contributed by atoms with van der Waals surface area (Å²) in [5.41, 5.74) is 2.65. The molecule has 0 saturated carbocycles. The Labute approximate surface area is 108 Å². The van der Waals surface area contributed by atoms with E-state index in [9.17, 15) is 5.11 Å². The summed E-state index contributed by atoms with van der Waals surface area (Å²) in [5, 5.41) is 10.7. The van der Waals surface area contributed by atoms with E-state index in [-0.39, 0.29) is 6.61 Å². The number of nitrogens with zero attached hydrogens (tertiary/aromatic N) is 2. The summed E-state index contributed by atoms with van der Waals surface area (Å²) in [5.74, 6) is 0. The van der Waals surface area contributed by atoms with E-state index in [2.05, 4.69) is 47.0 Å². The van der Waals surface area contributed by atoms with Crippen LogP contribution in [0.2, 0.25) is 0 Å². The molecule has 18 heavy (non-hydrogen) atoms. The molecule has 3 nitrogen and oxygen atoms in total. The van der Waals surface area contributed by atoms with E-state index in [0.717, 1.165) is 19.5 Å². The fraction of sp³-hybridized carbons (Fsp3) is 0.467. The summed E-state index contributed by atoms with van der Waals surface area (Å²) >= 11 is 0.